The van der Waals surface area contributed by atoms with Crippen molar-refractivity contribution in [1.82, 2.24) is 10.3 Å². The van der Waals surface area contributed by atoms with Gasteiger partial charge in [0, 0.05) is 33.1 Å². The van der Waals surface area contributed by atoms with Crippen LogP contribution < -0.4 is 10.1 Å². The van der Waals surface area contributed by atoms with Gasteiger partial charge in [-0.15, -0.1) is 11.3 Å². The topological polar surface area (TPSA) is 74.4 Å². The number of aromatic amines is 1. The molecule has 1 aliphatic heterocycles. The molecule has 0 bridgehead atoms. The molecule has 1 amide bonds. The van der Waals surface area contributed by atoms with Crippen LogP contribution in [0.25, 0.3) is 31.4 Å². The summed E-state index contributed by atoms with van der Waals surface area (Å²) in [7, 11) is 0. The highest BCUT2D eigenvalue weighted by molar-refractivity contribution is 7.22. The molecule has 3 heterocycles. The van der Waals surface area contributed by atoms with Crippen molar-refractivity contribution in [2.75, 3.05) is 13.2 Å². The van der Waals surface area contributed by atoms with E-state index >= 15 is 0 Å². The zero-order valence-corrected chi connectivity index (χ0v) is 19.3. The summed E-state index contributed by atoms with van der Waals surface area (Å²) in [4.78, 5) is 17.8. The number of thiophene rings is 1. The first kappa shape index (κ1) is 21.0. The van der Waals surface area contributed by atoms with Gasteiger partial charge in [0.05, 0.1) is 24.8 Å². The van der Waals surface area contributed by atoms with Gasteiger partial charge in [0.1, 0.15) is 5.75 Å². The third-order valence-corrected chi connectivity index (χ3v) is 7.60. The van der Waals surface area contributed by atoms with Crippen molar-refractivity contribution in [2.24, 2.45) is 0 Å². The Bertz CT molecular complexity index is 1480. The lowest BCUT2D eigenvalue weighted by Crippen LogP contribution is -2.39. The second-order valence-electron chi connectivity index (χ2n) is 8.68. The SMILES string of the molecule is O=C(N[C@@H](CO)Cc1c[nH]c2ccccc12)c1cc(-c2cc3ccccc3s2)cc2c1OCC2. The lowest BCUT2D eigenvalue weighted by Gasteiger charge is -2.18. The third kappa shape index (κ3) is 3.75. The Morgan fingerprint density at radius 2 is 1.97 bits per heavy atom. The maximum atomic E-state index is 13.4. The molecule has 0 aliphatic carbocycles. The van der Waals surface area contributed by atoms with Crippen molar-refractivity contribution < 1.29 is 14.6 Å². The quantitative estimate of drug-likeness (QED) is 0.316. The molecule has 170 valence electrons. The van der Waals surface area contributed by atoms with Crippen molar-refractivity contribution in [2.45, 2.75) is 18.9 Å². The van der Waals surface area contributed by atoms with Crippen LogP contribution in [-0.4, -0.2) is 35.3 Å². The number of para-hydroxylation sites is 1. The van der Waals surface area contributed by atoms with Crippen LogP contribution in [0.4, 0.5) is 0 Å². The zero-order valence-electron chi connectivity index (χ0n) is 18.5. The summed E-state index contributed by atoms with van der Waals surface area (Å²) >= 11 is 1.72. The van der Waals surface area contributed by atoms with E-state index in [2.05, 4.69) is 34.6 Å². The van der Waals surface area contributed by atoms with Crippen molar-refractivity contribution in [1.29, 1.82) is 0 Å². The molecule has 6 heteroatoms. The van der Waals surface area contributed by atoms with Crippen LogP contribution in [0.5, 0.6) is 5.75 Å². The first-order valence-electron chi connectivity index (χ1n) is 11.4. The summed E-state index contributed by atoms with van der Waals surface area (Å²) in [6, 6.07) is 22.2. The Hall–Kier alpha value is -3.61. The number of amides is 1. The summed E-state index contributed by atoms with van der Waals surface area (Å²) in [5.74, 6) is 0.436. The smallest absolute Gasteiger partial charge is 0.255 e. The Morgan fingerprint density at radius 1 is 1.12 bits per heavy atom. The van der Waals surface area contributed by atoms with E-state index in [1.165, 1.54) is 10.1 Å². The second-order valence-corrected chi connectivity index (χ2v) is 9.76. The molecule has 0 radical (unpaired) electrons. The molecule has 5 aromatic rings. The predicted octanol–water partition coefficient (Wildman–Crippen LogP) is 5.32. The van der Waals surface area contributed by atoms with Gasteiger partial charge >= 0.3 is 0 Å². The van der Waals surface area contributed by atoms with Crippen molar-refractivity contribution >= 4 is 38.2 Å². The minimum atomic E-state index is -0.406. The minimum Gasteiger partial charge on any atom is -0.492 e. The van der Waals surface area contributed by atoms with Crippen molar-refractivity contribution in [3.05, 3.63) is 89.6 Å². The number of nitrogens with one attached hydrogen (secondary N) is 2. The Kier molecular flexibility index (Phi) is 5.32. The van der Waals surface area contributed by atoms with Gasteiger partial charge in [-0.05, 0) is 58.8 Å². The zero-order chi connectivity index (χ0) is 23.1. The van der Waals surface area contributed by atoms with Gasteiger partial charge in [-0.3, -0.25) is 4.79 Å². The number of benzene rings is 3. The molecule has 0 spiro atoms. The number of fused-ring (bicyclic) bond motifs is 3. The van der Waals surface area contributed by atoms with E-state index in [-0.39, 0.29) is 12.5 Å². The fourth-order valence-electron chi connectivity index (χ4n) is 4.73. The Balaban J connectivity index is 1.30. The number of aliphatic hydroxyl groups excluding tert-OH is 1. The number of hydrogen-bond acceptors (Lipinski definition) is 4. The fraction of sp³-hybridized carbons (Fsp3) is 0.179. The third-order valence-electron chi connectivity index (χ3n) is 6.44. The van der Waals surface area contributed by atoms with Gasteiger partial charge in [-0.1, -0.05) is 36.4 Å². The number of aromatic nitrogens is 1. The monoisotopic (exact) mass is 468 g/mol. The molecular weight excluding hydrogens is 444 g/mol. The van der Waals surface area contributed by atoms with Crippen LogP contribution in [0.15, 0.2) is 72.9 Å². The number of aliphatic hydroxyl groups is 1. The molecule has 1 atom stereocenters. The molecule has 0 fully saturated rings. The van der Waals surface area contributed by atoms with E-state index in [1.54, 1.807) is 11.3 Å². The molecule has 0 saturated heterocycles. The van der Waals surface area contributed by atoms with Gasteiger partial charge in [0.15, 0.2) is 0 Å². The van der Waals surface area contributed by atoms with E-state index in [0.29, 0.717) is 24.3 Å². The standard InChI is InChI=1S/C28H24N2O3S/c31-16-21(12-20-15-29-24-7-3-2-6-22(20)24)30-28(32)23-13-19(11-18-9-10-33-27(18)23)26-14-17-5-1-4-8-25(17)34-26/h1-8,11,13-15,21,29,31H,9-10,12,16H2,(H,30,32)/t21-/m1/s1. The first-order chi connectivity index (χ1) is 16.7. The molecule has 6 rings (SSSR count). The first-order valence-corrected chi connectivity index (χ1v) is 12.3. The molecule has 5 nitrogen and oxygen atoms in total. The van der Waals surface area contributed by atoms with Gasteiger partial charge in [-0.2, -0.15) is 0 Å². The van der Waals surface area contributed by atoms with E-state index in [9.17, 15) is 9.90 Å². The van der Waals surface area contributed by atoms with Gasteiger partial charge in [-0.25, -0.2) is 0 Å². The predicted molar refractivity (Wildman–Crippen MR) is 137 cm³/mol. The summed E-state index contributed by atoms with van der Waals surface area (Å²) in [6.07, 6.45) is 3.26. The van der Waals surface area contributed by atoms with Crippen LogP contribution in [0, 0.1) is 0 Å². The highest BCUT2D eigenvalue weighted by atomic mass is 32.1. The summed E-state index contributed by atoms with van der Waals surface area (Å²) in [5.41, 5.74) is 4.71. The van der Waals surface area contributed by atoms with Crippen LogP contribution >= 0.6 is 11.3 Å². The van der Waals surface area contributed by atoms with Crippen LogP contribution in [0.1, 0.15) is 21.5 Å². The number of carbonyl (C=O) groups excluding carboxylic acids is 1. The second kappa shape index (κ2) is 8.63. The largest absolute Gasteiger partial charge is 0.492 e. The normalized spacial score (nSPS) is 13.7. The van der Waals surface area contributed by atoms with E-state index < -0.39 is 6.04 Å². The average molecular weight is 469 g/mol. The van der Waals surface area contributed by atoms with Crippen LogP contribution in [-0.2, 0) is 12.8 Å². The molecule has 3 aromatic carbocycles. The average Bonchev–Trinajstić information content (AvgIpc) is 3.61. The van der Waals surface area contributed by atoms with Crippen molar-refractivity contribution in [3.63, 3.8) is 0 Å². The molecule has 0 unspecified atom stereocenters. The van der Waals surface area contributed by atoms with Crippen LogP contribution in [0.3, 0.4) is 0 Å². The number of ether oxygens (including phenoxy) is 1. The molecule has 34 heavy (non-hydrogen) atoms. The summed E-state index contributed by atoms with van der Waals surface area (Å²) in [5, 5.41) is 15.4. The number of carbonyl (C=O) groups is 1. The molecule has 0 saturated carbocycles. The molecule has 1 aliphatic rings. The minimum absolute atomic E-state index is 0.149. The molecular formula is C28H24N2O3S. The lowest BCUT2D eigenvalue weighted by atomic mass is 10.0. The van der Waals surface area contributed by atoms with E-state index in [4.69, 9.17) is 4.74 Å². The summed E-state index contributed by atoms with van der Waals surface area (Å²) < 4.78 is 7.08. The van der Waals surface area contributed by atoms with E-state index in [0.717, 1.165) is 38.9 Å². The number of hydrogen-bond donors (Lipinski definition) is 3. The summed E-state index contributed by atoms with van der Waals surface area (Å²) in [6.45, 7) is 0.425. The highest BCUT2D eigenvalue weighted by Gasteiger charge is 2.25. The lowest BCUT2D eigenvalue weighted by molar-refractivity contribution is 0.0913. The Labute approximate surface area is 201 Å². The molecule has 3 N–H and O–H groups in total. The maximum Gasteiger partial charge on any atom is 0.255 e. The van der Waals surface area contributed by atoms with Gasteiger partial charge in [0.25, 0.3) is 5.91 Å². The number of H-pyrrole nitrogens is 1. The van der Waals surface area contributed by atoms with Crippen molar-refractivity contribution in [3.8, 4) is 16.2 Å². The number of rotatable bonds is 6. The maximum absolute atomic E-state index is 13.4. The van der Waals surface area contributed by atoms with Crippen LogP contribution in [0.2, 0.25) is 0 Å². The van der Waals surface area contributed by atoms with Gasteiger partial charge in [0.2, 0.25) is 0 Å². The fourth-order valence-corrected chi connectivity index (χ4v) is 5.78. The van der Waals surface area contributed by atoms with E-state index in [1.807, 2.05) is 48.7 Å². The molecule has 2 aromatic heterocycles. The highest BCUT2D eigenvalue weighted by Crippen LogP contribution is 2.39. The van der Waals surface area contributed by atoms with Gasteiger partial charge < -0.3 is 20.1 Å². The Morgan fingerprint density at radius 3 is 2.85 bits per heavy atom.